The number of rotatable bonds is 7. The first-order valence-electron chi connectivity index (χ1n) is 7.32. The number of furan rings is 1. The SMILES string of the molecule is CC(OC(=O)c1ccc(S(N)(=O)=O)o1)C(=O)c1ccc(NS(C)(=O)=O)cc1. The van der Waals surface area contributed by atoms with Crippen molar-refractivity contribution in [2.75, 3.05) is 11.0 Å². The molecule has 0 saturated heterocycles. The minimum atomic E-state index is -4.11. The van der Waals surface area contributed by atoms with Gasteiger partial charge in [-0.2, -0.15) is 0 Å². The van der Waals surface area contributed by atoms with E-state index in [4.69, 9.17) is 14.3 Å². The molecule has 2 rings (SSSR count). The first-order chi connectivity index (χ1) is 12.4. The summed E-state index contributed by atoms with van der Waals surface area (Å²) in [4.78, 5) is 24.3. The lowest BCUT2D eigenvalue weighted by atomic mass is 10.1. The van der Waals surface area contributed by atoms with Gasteiger partial charge >= 0.3 is 5.97 Å². The van der Waals surface area contributed by atoms with Crippen LogP contribution in [0.3, 0.4) is 0 Å². The highest BCUT2D eigenvalue weighted by Gasteiger charge is 2.24. The van der Waals surface area contributed by atoms with E-state index in [0.29, 0.717) is 0 Å². The average molecular weight is 416 g/mol. The van der Waals surface area contributed by atoms with E-state index in [1.807, 2.05) is 0 Å². The van der Waals surface area contributed by atoms with E-state index < -0.39 is 48.8 Å². The number of sulfonamides is 2. The van der Waals surface area contributed by atoms with Gasteiger partial charge in [0, 0.05) is 11.3 Å². The number of ketones is 1. The Morgan fingerprint density at radius 3 is 2.15 bits per heavy atom. The topological polar surface area (TPSA) is 163 Å². The molecule has 1 atom stereocenters. The van der Waals surface area contributed by atoms with Gasteiger partial charge in [0.2, 0.25) is 26.7 Å². The van der Waals surface area contributed by atoms with Crippen molar-refractivity contribution in [3.05, 3.63) is 47.7 Å². The summed E-state index contributed by atoms with van der Waals surface area (Å²) in [5.41, 5.74) is 0.448. The van der Waals surface area contributed by atoms with Crippen LogP contribution in [0.2, 0.25) is 0 Å². The molecule has 0 spiro atoms. The Hall–Kier alpha value is -2.70. The molecule has 0 bridgehead atoms. The van der Waals surface area contributed by atoms with E-state index in [-0.39, 0.29) is 11.3 Å². The maximum Gasteiger partial charge on any atom is 0.375 e. The van der Waals surface area contributed by atoms with Crippen LogP contribution >= 0.6 is 0 Å². The van der Waals surface area contributed by atoms with Crippen molar-refractivity contribution < 1.29 is 35.6 Å². The van der Waals surface area contributed by atoms with Crippen LogP contribution in [0.1, 0.15) is 27.8 Å². The van der Waals surface area contributed by atoms with Crippen molar-refractivity contribution in [3.63, 3.8) is 0 Å². The molecule has 1 aromatic heterocycles. The fourth-order valence-corrected chi connectivity index (χ4v) is 3.03. The van der Waals surface area contributed by atoms with Crippen molar-refractivity contribution in [2.24, 2.45) is 5.14 Å². The normalized spacial score (nSPS) is 13.0. The fourth-order valence-electron chi connectivity index (χ4n) is 2.01. The lowest BCUT2D eigenvalue weighted by Crippen LogP contribution is -2.24. The van der Waals surface area contributed by atoms with Crippen molar-refractivity contribution >= 4 is 37.5 Å². The molecule has 0 saturated carbocycles. The quantitative estimate of drug-likeness (QED) is 0.493. The average Bonchev–Trinajstić information content (AvgIpc) is 3.03. The predicted octanol–water partition coefficient (Wildman–Crippen LogP) is 0.727. The van der Waals surface area contributed by atoms with Crippen LogP contribution in [0.15, 0.2) is 45.9 Å². The van der Waals surface area contributed by atoms with E-state index in [1.165, 1.54) is 31.2 Å². The molecule has 1 unspecified atom stereocenters. The predicted molar refractivity (Wildman–Crippen MR) is 94.2 cm³/mol. The molecule has 0 aliphatic rings. The van der Waals surface area contributed by atoms with Crippen LogP contribution in [-0.4, -0.2) is 40.9 Å². The highest BCUT2D eigenvalue weighted by atomic mass is 32.2. The number of nitrogens with one attached hydrogen (secondary N) is 1. The second kappa shape index (κ2) is 7.50. The van der Waals surface area contributed by atoms with Gasteiger partial charge in [-0.15, -0.1) is 0 Å². The van der Waals surface area contributed by atoms with E-state index in [0.717, 1.165) is 18.4 Å². The second-order valence-electron chi connectivity index (χ2n) is 5.53. The summed E-state index contributed by atoms with van der Waals surface area (Å²) in [5, 5.41) is 4.27. The van der Waals surface area contributed by atoms with Crippen molar-refractivity contribution in [2.45, 2.75) is 18.1 Å². The Balaban J connectivity index is 2.06. The molecule has 27 heavy (non-hydrogen) atoms. The Labute approximate surface area is 155 Å². The molecule has 3 N–H and O–H groups in total. The van der Waals surface area contributed by atoms with Gasteiger partial charge in [0.25, 0.3) is 10.0 Å². The lowest BCUT2D eigenvalue weighted by Gasteiger charge is -2.12. The first-order valence-corrected chi connectivity index (χ1v) is 10.8. The zero-order chi connectivity index (χ0) is 20.4. The van der Waals surface area contributed by atoms with Gasteiger partial charge in [0.1, 0.15) is 0 Å². The molecule has 12 heteroatoms. The summed E-state index contributed by atoms with van der Waals surface area (Å²) in [5.74, 6) is -2.01. The molecular weight excluding hydrogens is 400 g/mol. The van der Waals surface area contributed by atoms with Gasteiger partial charge in [-0.05, 0) is 43.3 Å². The van der Waals surface area contributed by atoms with Crippen molar-refractivity contribution in [1.82, 2.24) is 0 Å². The molecule has 146 valence electrons. The number of esters is 1. The van der Waals surface area contributed by atoms with Gasteiger partial charge in [0.05, 0.1) is 6.26 Å². The van der Waals surface area contributed by atoms with Crippen LogP contribution < -0.4 is 9.86 Å². The number of anilines is 1. The smallest absolute Gasteiger partial charge is 0.375 e. The first kappa shape index (κ1) is 20.6. The summed E-state index contributed by atoms with van der Waals surface area (Å²) in [6, 6.07) is 7.55. The molecule has 0 radical (unpaired) electrons. The van der Waals surface area contributed by atoms with Crippen molar-refractivity contribution in [3.8, 4) is 0 Å². The number of nitrogens with two attached hydrogens (primary N) is 1. The number of benzene rings is 1. The Morgan fingerprint density at radius 2 is 1.67 bits per heavy atom. The largest absolute Gasteiger partial charge is 0.448 e. The molecular formula is C15H16N2O8S2. The summed E-state index contributed by atoms with van der Waals surface area (Å²) in [7, 11) is -7.56. The summed E-state index contributed by atoms with van der Waals surface area (Å²) >= 11 is 0. The van der Waals surface area contributed by atoms with Crippen LogP contribution in [0.5, 0.6) is 0 Å². The minimum absolute atomic E-state index is 0.180. The van der Waals surface area contributed by atoms with Gasteiger partial charge in [0.15, 0.2) is 6.10 Å². The molecule has 0 aliphatic carbocycles. The van der Waals surface area contributed by atoms with Crippen LogP contribution in [0.4, 0.5) is 5.69 Å². The Kier molecular flexibility index (Phi) is 5.73. The van der Waals surface area contributed by atoms with Gasteiger partial charge in [-0.1, -0.05) is 0 Å². The van der Waals surface area contributed by atoms with E-state index in [9.17, 15) is 26.4 Å². The highest BCUT2D eigenvalue weighted by molar-refractivity contribution is 7.92. The fraction of sp³-hybridized carbons (Fsp3) is 0.200. The molecule has 0 fully saturated rings. The molecule has 2 aromatic rings. The lowest BCUT2D eigenvalue weighted by molar-refractivity contribution is 0.0284. The molecule has 0 amide bonds. The Bertz CT molecular complexity index is 1070. The van der Waals surface area contributed by atoms with Crippen LogP contribution in [0, 0.1) is 0 Å². The zero-order valence-corrected chi connectivity index (χ0v) is 15.8. The number of primary sulfonamides is 1. The van der Waals surface area contributed by atoms with Crippen molar-refractivity contribution in [1.29, 1.82) is 0 Å². The third-order valence-electron chi connectivity index (χ3n) is 3.19. The second-order valence-corrected chi connectivity index (χ2v) is 8.77. The monoisotopic (exact) mass is 416 g/mol. The molecule has 1 aromatic carbocycles. The summed E-state index contributed by atoms with van der Waals surface area (Å²) in [6.07, 6.45) is -0.210. The van der Waals surface area contributed by atoms with Gasteiger partial charge < -0.3 is 9.15 Å². The zero-order valence-electron chi connectivity index (χ0n) is 14.2. The third kappa shape index (κ3) is 5.64. The van der Waals surface area contributed by atoms with Gasteiger partial charge in [-0.3, -0.25) is 9.52 Å². The van der Waals surface area contributed by atoms with E-state index in [1.54, 1.807) is 0 Å². The molecule has 1 heterocycles. The van der Waals surface area contributed by atoms with Crippen LogP contribution in [0.25, 0.3) is 0 Å². The number of carbonyl (C=O) groups is 2. The number of ether oxygens (including phenoxy) is 1. The van der Waals surface area contributed by atoms with Crippen LogP contribution in [-0.2, 0) is 24.8 Å². The standard InChI is InChI=1S/C15H16N2O8S2/c1-9(24-15(19)12-7-8-13(25-12)27(16,22)23)14(18)10-3-5-11(6-4-10)17-26(2,20)21/h3-9,17H,1-2H3,(H2,16,22,23). The minimum Gasteiger partial charge on any atom is -0.448 e. The van der Waals surface area contributed by atoms with Gasteiger partial charge in [-0.25, -0.2) is 26.8 Å². The number of carbonyl (C=O) groups excluding carboxylic acids is 2. The maximum absolute atomic E-state index is 12.3. The number of hydrogen-bond donors (Lipinski definition) is 2. The molecule has 10 nitrogen and oxygen atoms in total. The number of Topliss-reactive ketones (excluding diaryl/α,β-unsaturated/α-hetero) is 1. The number of hydrogen-bond acceptors (Lipinski definition) is 8. The Morgan fingerprint density at radius 1 is 1.07 bits per heavy atom. The summed E-state index contributed by atoms with van der Waals surface area (Å²) < 4.78 is 56.6. The summed E-state index contributed by atoms with van der Waals surface area (Å²) in [6.45, 7) is 1.33. The van der Waals surface area contributed by atoms with E-state index in [2.05, 4.69) is 4.72 Å². The highest BCUT2D eigenvalue weighted by Crippen LogP contribution is 2.16. The van der Waals surface area contributed by atoms with E-state index >= 15 is 0 Å². The third-order valence-corrected chi connectivity index (χ3v) is 4.58. The molecule has 0 aliphatic heterocycles. The maximum atomic E-state index is 12.3.